The zero-order valence-electron chi connectivity index (χ0n) is 4.40. The fraction of sp³-hybridized carbons (Fsp3) is 0.600. The smallest absolute Gasteiger partial charge is 0.216 e. The first-order chi connectivity index (χ1) is 3.27. The molecule has 40 valence electrons. The zero-order chi connectivity index (χ0) is 5.70. The maximum atomic E-state index is 10.0. The third-order valence-corrected chi connectivity index (χ3v) is 0.518. The van der Waals surface area contributed by atoms with E-state index in [4.69, 9.17) is 6.92 Å². The monoisotopic (exact) mass is 99.1 g/mol. The van der Waals surface area contributed by atoms with Crippen molar-refractivity contribution in [2.75, 3.05) is 6.54 Å². The van der Waals surface area contributed by atoms with Gasteiger partial charge in [-0.15, -0.1) is 0 Å². The molecule has 0 atom stereocenters. The molecule has 0 aliphatic rings. The van der Waals surface area contributed by atoms with Crippen LogP contribution in [0.3, 0.4) is 0 Å². The summed E-state index contributed by atoms with van der Waals surface area (Å²) in [4.78, 5) is 10.0. The molecule has 0 fully saturated rings. The highest BCUT2D eigenvalue weighted by atomic mass is 16.1. The van der Waals surface area contributed by atoms with Crippen LogP contribution in [0.5, 0.6) is 0 Å². The van der Waals surface area contributed by atoms with E-state index in [1.165, 1.54) is 6.92 Å². The van der Waals surface area contributed by atoms with Crippen molar-refractivity contribution in [3.05, 3.63) is 6.92 Å². The molecule has 0 aliphatic carbocycles. The van der Waals surface area contributed by atoms with Gasteiger partial charge in [-0.1, -0.05) is 0 Å². The summed E-state index contributed by atoms with van der Waals surface area (Å²) in [6.07, 6.45) is 0.513. The summed E-state index contributed by atoms with van der Waals surface area (Å²) >= 11 is 0. The number of hydrogen-bond acceptors (Lipinski definition) is 1. The molecule has 0 aromatic carbocycles. The van der Waals surface area contributed by atoms with E-state index in [0.29, 0.717) is 13.0 Å². The Hall–Kier alpha value is -0.530. The van der Waals surface area contributed by atoms with Crippen LogP contribution >= 0.6 is 0 Å². The van der Waals surface area contributed by atoms with Gasteiger partial charge in [-0.3, -0.25) is 4.79 Å². The van der Waals surface area contributed by atoms with Crippen molar-refractivity contribution in [2.24, 2.45) is 0 Å². The normalized spacial score (nSPS) is 8.29. The molecule has 0 saturated heterocycles. The van der Waals surface area contributed by atoms with Gasteiger partial charge in [0.2, 0.25) is 5.91 Å². The molecule has 2 nitrogen and oxygen atoms in total. The molecule has 0 unspecified atom stereocenters. The molecule has 7 heavy (non-hydrogen) atoms. The molecule has 0 aromatic heterocycles. The highest BCUT2D eigenvalue weighted by molar-refractivity contribution is 5.72. The Bertz CT molecular complexity index is 61.1. The molecular weight excluding hydrogens is 90.1 g/mol. The van der Waals surface area contributed by atoms with Crippen molar-refractivity contribution in [3.63, 3.8) is 0 Å². The van der Waals surface area contributed by atoms with Gasteiger partial charge in [0.25, 0.3) is 0 Å². The van der Waals surface area contributed by atoms with E-state index in [0.717, 1.165) is 0 Å². The Balaban J connectivity index is 2.82. The SMILES string of the molecule is [CH]CCNC(C)=O. The van der Waals surface area contributed by atoms with Crippen molar-refractivity contribution >= 4 is 5.91 Å². The minimum absolute atomic E-state index is 0.0227. The van der Waals surface area contributed by atoms with Crippen LogP contribution in [0.1, 0.15) is 13.3 Å². The van der Waals surface area contributed by atoms with Gasteiger partial charge in [-0.25, -0.2) is 0 Å². The highest BCUT2D eigenvalue weighted by Crippen LogP contribution is 1.66. The predicted molar refractivity (Wildman–Crippen MR) is 27.6 cm³/mol. The third kappa shape index (κ3) is 5.47. The van der Waals surface area contributed by atoms with Crippen LogP contribution in [-0.4, -0.2) is 12.5 Å². The molecule has 0 spiro atoms. The number of hydrogen-bond donors (Lipinski definition) is 1. The number of rotatable bonds is 2. The van der Waals surface area contributed by atoms with Gasteiger partial charge in [0, 0.05) is 13.5 Å². The van der Waals surface area contributed by atoms with E-state index in [1.807, 2.05) is 0 Å². The van der Waals surface area contributed by atoms with E-state index in [1.54, 1.807) is 0 Å². The van der Waals surface area contributed by atoms with Gasteiger partial charge in [0.15, 0.2) is 0 Å². The molecule has 0 heterocycles. The topological polar surface area (TPSA) is 29.1 Å². The first-order valence-corrected chi connectivity index (χ1v) is 2.22. The van der Waals surface area contributed by atoms with Crippen LogP contribution < -0.4 is 5.32 Å². The number of nitrogens with one attached hydrogen (secondary N) is 1. The Kier molecular flexibility index (Phi) is 3.38. The molecule has 0 bridgehead atoms. The summed E-state index contributed by atoms with van der Waals surface area (Å²) in [6, 6.07) is 0. The maximum absolute atomic E-state index is 10.0. The van der Waals surface area contributed by atoms with Crippen molar-refractivity contribution in [1.82, 2.24) is 5.32 Å². The lowest BCUT2D eigenvalue weighted by molar-refractivity contribution is -0.118. The number of carbonyl (C=O) groups is 1. The summed E-state index contributed by atoms with van der Waals surface area (Å²) in [5, 5.41) is 2.53. The molecule has 0 aliphatic heterocycles. The van der Waals surface area contributed by atoms with Crippen molar-refractivity contribution in [2.45, 2.75) is 13.3 Å². The Morgan fingerprint density at radius 3 is 2.57 bits per heavy atom. The number of amides is 1. The molecule has 1 N–H and O–H groups in total. The van der Waals surface area contributed by atoms with Gasteiger partial charge in [-0.2, -0.15) is 0 Å². The Morgan fingerprint density at radius 2 is 2.43 bits per heavy atom. The van der Waals surface area contributed by atoms with E-state index in [9.17, 15) is 4.79 Å². The summed E-state index contributed by atoms with van der Waals surface area (Å²) < 4.78 is 0. The van der Waals surface area contributed by atoms with Gasteiger partial charge in [0.05, 0.1) is 0 Å². The minimum Gasteiger partial charge on any atom is -0.356 e. The molecule has 2 radical (unpaired) electrons. The average Bonchev–Trinajstić information content (AvgIpc) is 1.61. The second-order valence-corrected chi connectivity index (χ2v) is 1.27. The average molecular weight is 99.1 g/mol. The van der Waals surface area contributed by atoms with Crippen molar-refractivity contribution in [1.29, 1.82) is 0 Å². The second kappa shape index (κ2) is 3.65. The first kappa shape index (κ1) is 6.47. The summed E-state index contributed by atoms with van der Waals surface area (Å²) in [6.45, 7) is 7.11. The lowest BCUT2D eigenvalue weighted by atomic mass is 10.5. The molecule has 2 heteroatoms. The standard InChI is InChI=1S/C5H9NO/c1-3-4-6-5(2)7/h1H,3-4H2,2H3,(H,6,7). The summed E-state index contributed by atoms with van der Waals surface area (Å²) in [7, 11) is 0. The van der Waals surface area contributed by atoms with Crippen molar-refractivity contribution in [3.8, 4) is 0 Å². The quantitative estimate of drug-likeness (QED) is 0.527. The third-order valence-electron chi connectivity index (χ3n) is 0.518. The van der Waals surface area contributed by atoms with Crippen LogP contribution in [0.15, 0.2) is 0 Å². The van der Waals surface area contributed by atoms with Gasteiger partial charge < -0.3 is 5.32 Å². The largest absolute Gasteiger partial charge is 0.356 e. The lowest BCUT2D eigenvalue weighted by Crippen LogP contribution is -2.19. The van der Waals surface area contributed by atoms with Gasteiger partial charge in [-0.05, 0) is 13.3 Å². The first-order valence-electron chi connectivity index (χ1n) is 2.22. The van der Waals surface area contributed by atoms with E-state index >= 15 is 0 Å². The summed E-state index contributed by atoms with van der Waals surface area (Å²) in [5.74, 6) is -0.0227. The molecule has 1 amide bonds. The van der Waals surface area contributed by atoms with Crippen molar-refractivity contribution < 1.29 is 4.79 Å². The van der Waals surface area contributed by atoms with Crippen LogP contribution in [0.25, 0.3) is 0 Å². The fourth-order valence-corrected chi connectivity index (χ4v) is 0.248. The zero-order valence-corrected chi connectivity index (χ0v) is 4.40. The van der Waals surface area contributed by atoms with Crippen LogP contribution in [0.4, 0.5) is 0 Å². The predicted octanol–water partition coefficient (Wildman–Crippen LogP) is 0.224. The van der Waals surface area contributed by atoms with Crippen LogP contribution in [-0.2, 0) is 4.79 Å². The molecule has 0 saturated carbocycles. The molecule has 0 rings (SSSR count). The number of carbonyl (C=O) groups excluding carboxylic acids is 1. The Morgan fingerprint density at radius 1 is 1.86 bits per heavy atom. The minimum atomic E-state index is -0.0227. The highest BCUT2D eigenvalue weighted by Gasteiger charge is 1.83. The van der Waals surface area contributed by atoms with E-state index in [-0.39, 0.29) is 5.91 Å². The lowest BCUT2D eigenvalue weighted by Gasteiger charge is -1.93. The Labute approximate surface area is 43.9 Å². The molecule has 0 aromatic rings. The molecular formula is C5H9NO. The van der Waals surface area contributed by atoms with Crippen LogP contribution in [0, 0.1) is 6.92 Å². The van der Waals surface area contributed by atoms with Crippen LogP contribution in [0.2, 0.25) is 0 Å². The van der Waals surface area contributed by atoms with Gasteiger partial charge >= 0.3 is 0 Å². The van der Waals surface area contributed by atoms with E-state index in [2.05, 4.69) is 5.32 Å². The fourth-order valence-electron chi connectivity index (χ4n) is 0.248. The maximum Gasteiger partial charge on any atom is 0.216 e. The second-order valence-electron chi connectivity index (χ2n) is 1.27. The van der Waals surface area contributed by atoms with Gasteiger partial charge in [0.1, 0.15) is 0 Å². The van der Waals surface area contributed by atoms with E-state index < -0.39 is 0 Å². The summed E-state index contributed by atoms with van der Waals surface area (Å²) in [5.41, 5.74) is 0.